The van der Waals surface area contributed by atoms with E-state index in [9.17, 15) is 0 Å². The molecule has 1 aromatic rings. The van der Waals surface area contributed by atoms with Crippen molar-refractivity contribution < 1.29 is 0 Å². The van der Waals surface area contributed by atoms with Crippen LogP contribution in [0.1, 0.15) is 39.5 Å². The minimum absolute atomic E-state index is 0.638. The normalized spacial score (nSPS) is 21.8. The standard InChI is InChI=1S/C15H27N5/c1-3-7-13-12-14(13)19-15(16-4-2)17-8-5-10-20-11-6-9-18-20/h6,9,11,13-14H,3-5,7-8,10,12H2,1-2H3,(H2,16,17,19). The van der Waals surface area contributed by atoms with Crippen molar-refractivity contribution in [1.29, 1.82) is 0 Å². The van der Waals surface area contributed by atoms with E-state index in [1.807, 2.05) is 23.1 Å². The van der Waals surface area contributed by atoms with Gasteiger partial charge in [-0.3, -0.25) is 9.67 Å². The van der Waals surface area contributed by atoms with E-state index >= 15 is 0 Å². The minimum Gasteiger partial charge on any atom is -0.357 e. The first-order valence-corrected chi connectivity index (χ1v) is 7.85. The number of nitrogens with zero attached hydrogens (tertiary/aromatic N) is 3. The van der Waals surface area contributed by atoms with Crippen LogP contribution in [0.2, 0.25) is 0 Å². The molecular formula is C15H27N5. The number of hydrogen-bond acceptors (Lipinski definition) is 2. The third-order valence-electron chi connectivity index (χ3n) is 3.62. The predicted molar refractivity (Wildman–Crippen MR) is 82.8 cm³/mol. The Morgan fingerprint density at radius 2 is 2.35 bits per heavy atom. The highest BCUT2D eigenvalue weighted by Crippen LogP contribution is 2.34. The van der Waals surface area contributed by atoms with E-state index in [0.717, 1.165) is 37.9 Å². The molecule has 1 aliphatic carbocycles. The van der Waals surface area contributed by atoms with Crippen LogP contribution in [0.25, 0.3) is 0 Å². The van der Waals surface area contributed by atoms with Crippen molar-refractivity contribution in [3.05, 3.63) is 18.5 Å². The van der Waals surface area contributed by atoms with Gasteiger partial charge in [-0.25, -0.2) is 0 Å². The van der Waals surface area contributed by atoms with Crippen molar-refractivity contribution in [2.45, 2.75) is 52.1 Å². The van der Waals surface area contributed by atoms with Crippen LogP contribution in [0.4, 0.5) is 0 Å². The SMILES string of the molecule is CCCC1CC1NC(=NCCCn1cccn1)NCC. The first-order chi connectivity index (χ1) is 9.83. The average molecular weight is 277 g/mol. The maximum atomic E-state index is 4.64. The molecule has 2 unspecified atom stereocenters. The smallest absolute Gasteiger partial charge is 0.191 e. The van der Waals surface area contributed by atoms with E-state index in [2.05, 4.69) is 34.6 Å². The fourth-order valence-electron chi connectivity index (χ4n) is 2.47. The maximum absolute atomic E-state index is 4.64. The van der Waals surface area contributed by atoms with Crippen molar-refractivity contribution >= 4 is 5.96 Å². The highest BCUT2D eigenvalue weighted by Gasteiger charge is 2.36. The topological polar surface area (TPSA) is 54.2 Å². The van der Waals surface area contributed by atoms with E-state index in [4.69, 9.17) is 0 Å². The molecule has 0 amide bonds. The zero-order chi connectivity index (χ0) is 14.2. The van der Waals surface area contributed by atoms with Gasteiger partial charge < -0.3 is 10.6 Å². The van der Waals surface area contributed by atoms with E-state index in [-0.39, 0.29) is 0 Å². The largest absolute Gasteiger partial charge is 0.357 e. The summed E-state index contributed by atoms with van der Waals surface area (Å²) in [6.07, 6.45) is 8.73. The summed E-state index contributed by atoms with van der Waals surface area (Å²) in [5, 5.41) is 11.1. The van der Waals surface area contributed by atoms with Crippen LogP contribution in [-0.4, -0.2) is 34.9 Å². The Bertz CT molecular complexity index is 398. The van der Waals surface area contributed by atoms with Crippen molar-refractivity contribution in [3.63, 3.8) is 0 Å². The number of guanidine groups is 1. The first kappa shape index (κ1) is 14.9. The molecule has 112 valence electrons. The maximum Gasteiger partial charge on any atom is 0.191 e. The monoisotopic (exact) mass is 277 g/mol. The lowest BCUT2D eigenvalue weighted by Crippen LogP contribution is -2.39. The van der Waals surface area contributed by atoms with Crippen molar-refractivity contribution in [2.24, 2.45) is 10.9 Å². The molecule has 0 aromatic carbocycles. The molecule has 5 heteroatoms. The molecule has 2 N–H and O–H groups in total. The van der Waals surface area contributed by atoms with Crippen molar-refractivity contribution in [3.8, 4) is 0 Å². The molecule has 1 fully saturated rings. The number of nitrogens with one attached hydrogen (secondary N) is 2. The summed E-state index contributed by atoms with van der Waals surface area (Å²) in [5.74, 6) is 1.82. The Morgan fingerprint density at radius 1 is 1.45 bits per heavy atom. The summed E-state index contributed by atoms with van der Waals surface area (Å²) < 4.78 is 1.95. The molecule has 20 heavy (non-hydrogen) atoms. The Kier molecular flexibility index (Phi) is 5.89. The third kappa shape index (κ3) is 4.87. The van der Waals surface area contributed by atoms with Crippen LogP contribution in [-0.2, 0) is 6.54 Å². The Labute approximate surface area is 121 Å². The fourth-order valence-corrected chi connectivity index (χ4v) is 2.47. The summed E-state index contributed by atoms with van der Waals surface area (Å²) in [5.41, 5.74) is 0. The van der Waals surface area contributed by atoms with E-state index in [1.54, 1.807) is 0 Å². The molecule has 2 atom stereocenters. The Morgan fingerprint density at radius 3 is 3.05 bits per heavy atom. The van der Waals surface area contributed by atoms with E-state index < -0.39 is 0 Å². The van der Waals surface area contributed by atoms with Gasteiger partial charge >= 0.3 is 0 Å². The molecule has 1 saturated carbocycles. The average Bonchev–Trinajstić information content (AvgIpc) is 2.96. The lowest BCUT2D eigenvalue weighted by Gasteiger charge is -2.11. The van der Waals surface area contributed by atoms with Gasteiger partial charge in [0.2, 0.25) is 0 Å². The summed E-state index contributed by atoms with van der Waals surface area (Å²) in [4.78, 5) is 4.64. The van der Waals surface area contributed by atoms with E-state index in [0.29, 0.717) is 6.04 Å². The van der Waals surface area contributed by atoms with Gasteiger partial charge in [-0.05, 0) is 38.2 Å². The summed E-state index contributed by atoms with van der Waals surface area (Å²) in [6, 6.07) is 2.59. The van der Waals surface area contributed by atoms with Gasteiger partial charge in [0, 0.05) is 38.1 Å². The van der Waals surface area contributed by atoms with Gasteiger partial charge in [0.05, 0.1) is 0 Å². The van der Waals surface area contributed by atoms with Crippen LogP contribution in [0.5, 0.6) is 0 Å². The number of aromatic nitrogens is 2. The fraction of sp³-hybridized carbons (Fsp3) is 0.733. The Hall–Kier alpha value is -1.52. The lowest BCUT2D eigenvalue weighted by atomic mass is 10.2. The minimum atomic E-state index is 0.638. The molecule has 0 radical (unpaired) electrons. The van der Waals surface area contributed by atoms with Crippen LogP contribution in [0, 0.1) is 5.92 Å². The molecule has 0 aliphatic heterocycles. The lowest BCUT2D eigenvalue weighted by molar-refractivity contribution is 0.583. The quantitative estimate of drug-likeness (QED) is 0.434. The molecule has 0 bridgehead atoms. The van der Waals surface area contributed by atoms with Gasteiger partial charge in [-0.2, -0.15) is 5.10 Å². The summed E-state index contributed by atoms with van der Waals surface area (Å²) >= 11 is 0. The number of rotatable bonds is 8. The van der Waals surface area contributed by atoms with Gasteiger partial charge in [0.15, 0.2) is 5.96 Å². The number of aliphatic imine (C=N–C) groups is 1. The van der Waals surface area contributed by atoms with Crippen LogP contribution >= 0.6 is 0 Å². The molecular weight excluding hydrogens is 250 g/mol. The Balaban J connectivity index is 1.69. The molecule has 5 nitrogen and oxygen atoms in total. The highest BCUT2D eigenvalue weighted by molar-refractivity contribution is 5.80. The molecule has 1 heterocycles. The summed E-state index contributed by atoms with van der Waals surface area (Å²) in [6.45, 7) is 7.04. The molecule has 1 aliphatic rings. The third-order valence-corrected chi connectivity index (χ3v) is 3.62. The molecule has 0 saturated heterocycles. The van der Waals surface area contributed by atoms with Gasteiger partial charge in [0.1, 0.15) is 0 Å². The van der Waals surface area contributed by atoms with Crippen LogP contribution in [0.15, 0.2) is 23.5 Å². The van der Waals surface area contributed by atoms with Gasteiger partial charge in [-0.15, -0.1) is 0 Å². The highest BCUT2D eigenvalue weighted by atomic mass is 15.3. The van der Waals surface area contributed by atoms with E-state index in [1.165, 1.54) is 19.3 Å². The van der Waals surface area contributed by atoms with Gasteiger partial charge in [-0.1, -0.05) is 13.3 Å². The second-order valence-corrected chi connectivity index (χ2v) is 5.42. The molecule has 1 aromatic heterocycles. The van der Waals surface area contributed by atoms with Gasteiger partial charge in [0.25, 0.3) is 0 Å². The second kappa shape index (κ2) is 7.92. The van der Waals surface area contributed by atoms with Crippen LogP contribution in [0.3, 0.4) is 0 Å². The van der Waals surface area contributed by atoms with Crippen LogP contribution < -0.4 is 10.6 Å². The predicted octanol–water partition coefficient (Wildman–Crippen LogP) is 2.02. The zero-order valence-corrected chi connectivity index (χ0v) is 12.7. The first-order valence-electron chi connectivity index (χ1n) is 7.85. The van der Waals surface area contributed by atoms with Crippen molar-refractivity contribution in [2.75, 3.05) is 13.1 Å². The molecule has 0 spiro atoms. The summed E-state index contributed by atoms with van der Waals surface area (Å²) in [7, 11) is 0. The van der Waals surface area contributed by atoms with Crippen molar-refractivity contribution in [1.82, 2.24) is 20.4 Å². The number of hydrogen-bond donors (Lipinski definition) is 2. The number of aryl methyl sites for hydroxylation is 1. The second-order valence-electron chi connectivity index (χ2n) is 5.42. The zero-order valence-electron chi connectivity index (χ0n) is 12.7. The molecule has 2 rings (SSSR count).